The Morgan fingerprint density at radius 2 is 1.97 bits per heavy atom. The second kappa shape index (κ2) is 10.3. The van der Waals surface area contributed by atoms with Gasteiger partial charge >= 0.3 is 6.18 Å². The summed E-state index contributed by atoms with van der Waals surface area (Å²) >= 11 is 0. The van der Waals surface area contributed by atoms with Crippen LogP contribution in [0.15, 0.2) is 46.9 Å². The van der Waals surface area contributed by atoms with Gasteiger partial charge in [0.1, 0.15) is 5.69 Å². The molecular formula is C22H24F3N3O3. The molecule has 1 fully saturated rings. The maximum Gasteiger partial charge on any atom is 0.446 e. The van der Waals surface area contributed by atoms with E-state index in [0.29, 0.717) is 5.89 Å². The first-order chi connectivity index (χ1) is 14.9. The number of oxazole rings is 1. The minimum absolute atomic E-state index is 0.657. The van der Waals surface area contributed by atoms with E-state index >= 15 is 0 Å². The summed E-state index contributed by atoms with van der Waals surface area (Å²) in [6.45, 7) is 3.39. The number of hydrogen-bond donors (Lipinski definition) is 1. The molecule has 0 amide bonds. The van der Waals surface area contributed by atoms with Crippen LogP contribution < -0.4 is 10.2 Å². The van der Waals surface area contributed by atoms with E-state index < -0.39 is 12.5 Å². The highest BCUT2D eigenvalue weighted by Gasteiger charge is 2.25. The topological polar surface area (TPSA) is 67.6 Å². The summed E-state index contributed by atoms with van der Waals surface area (Å²) in [5, 5.41) is 3.14. The second-order valence-corrected chi connectivity index (χ2v) is 6.91. The number of aldehydes is 1. The molecule has 1 aromatic carbocycles. The van der Waals surface area contributed by atoms with Crippen molar-refractivity contribution in [3.8, 4) is 11.5 Å². The number of carbonyl (C=O) groups excluding carboxylic acids is 1. The fourth-order valence-corrected chi connectivity index (χ4v) is 3.29. The Balaban J connectivity index is 0.000000401. The first-order valence-electron chi connectivity index (χ1n) is 9.92. The van der Waals surface area contributed by atoms with E-state index in [-0.39, 0.29) is 0 Å². The average Bonchev–Trinajstić information content (AvgIpc) is 3.25. The molecule has 31 heavy (non-hydrogen) atoms. The minimum Gasteiger partial charge on any atom is -0.420 e. The van der Waals surface area contributed by atoms with E-state index in [0.717, 1.165) is 56.3 Å². The molecule has 0 bridgehead atoms. The number of hydrogen-bond acceptors (Lipinski definition) is 6. The van der Waals surface area contributed by atoms with Crippen molar-refractivity contribution in [2.75, 3.05) is 43.6 Å². The Morgan fingerprint density at radius 3 is 2.58 bits per heavy atom. The summed E-state index contributed by atoms with van der Waals surface area (Å²) in [4.78, 5) is 15.8. The van der Waals surface area contributed by atoms with Crippen LogP contribution in [0.4, 0.5) is 24.7 Å². The zero-order valence-electron chi connectivity index (χ0n) is 17.1. The quantitative estimate of drug-likeness (QED) is 0.703. The predicted octanol–water partition coefficient (Wildman–Crippen LogP) is 4.70. The van der Waals surface area contributed by atoms with E-state index in [1.165, 1.54) is 11.3 Å². The van der Waals surface area contributed by atoms with E-state index in [1.807, 2.05) is 13.1 Å². The van der Waals surface area contributed by atoms with E-state index in [2.05, 4.69) is 46.6 Å². The van der Waals surface area contributed by atoms with Crippen LogP contribution in [0.5, 0.6) is 0 Å². The van der Waals surface area contributed by atoms with Gasteiger partial charge in [0.05, 0.1) is 13.2 Å². The lowest BCUT2D eigenvalue weighted by Gasteiger charge is -2.29. The number of halogens is 3. The van der Waals surface area contributed by atoms with Gasteiger partial charge in [-0.3, -0.25) is 4.79 Å². The Kier molecular flexibility index (Phi) is 7.51. The summed E-state index contributed by atoms with van der Waals surface area (Å²) in [6.07, 6.45) is 2.72. The molecule has 0 atom stereocenters. The van der Waals surface area contributed by atoms with Gasteiger partial charge in [0.2, 0.25) is 18.1 Å². The van der Waals surface area contributed by atoms with Crippen LogP contribution in [-0.2, 0) is 9.53 Å². The van der Waals surface area contributed by atoms with Crippen LogP contribution in [0.25, 0.3) is 17.0 Å². The Labute approximate surface area is 178 Å². The molecule has 1 saturated heterocycles. The van der Waals surface area contributed by atoms with Crippen LogP contribution in [0.1, 0.15) is 18.5 Å². The molecule has 2 heterocycles. The van der Waals surface area contributed by atoms with Gasteiger partial charge in [-0.2, -0.15) is 13.2 Å². The van der Waals surface area contributed by atoms with Crippen molar-refractivity contribution in [1.82, 2.24) is 4.98 Å². The molecule has 1 aliphatic heterocycles. The molecule has 1 N–H and O–H groups in total. The summed E-state index contributed by atoms with van der Waals surface area (Å²) in [6, 6.07) is 8.39. The number of benzene rings is 1. The van der Waals surface area contributed by atoms with Crippen LogP contribution in [-0.4, -0.2) is 50.8 Å². The highest BCUT2D eigenvalue weighted by atomic mass is 19.4. The third kappa shape index (κ3) is 6.21. The Morgan fingerprint density at radius 1 is 1.23 bits per heavy atom. The van der Waals surface area contributed by atoms with E-state index in [1.54, 1.807) is 0 Å². The molecule has 0 unspecified atom stereocenters. The standard InChI is InChI=1S/C20H23N3O2.C2HF3O/c1-21-20-18(15-6-3-2-4-7-15)22-19(25-20)16-8-5-9-17(14-16)23-10-12-24-13-11-23;3-2(4,5)1-6/h2-3,5-6,8-9,14,21H,4,7,10-13H2,1H3;1H. The first-order valence-corrected chi connectivity index (χ1v) is 9.92. The van der Waals surface area contributed by atoms with Crippen LogP contribution in [0, 0.1) is 0 Å². The molecule has 166 valence electrons. The number of ether oxygens (including phenoxy) is 1. The number of morpholine rings is 1. The Hall–Kier alpha value is -3.07. The number of rotatable bonds is 4. The molecule has 0 radical (unpaired) electrons. The van der Waals surface area contributed by atoms with Gasteiger partial charge in [0, 0.05) is 31.4 Å². The fourth-order valence-electron chi connectivity index (χ4n) is 3.29. The number of nitrogens with one attached hydrogen (secondary N) is 1. The lowest BCUT2D eigenvalue weighted by Crippen LogP contribution is -2.36. The summed E-state index contributed by atoms with van der Waals surface area (Å²) in [5.41, 5.74) is 4.31. The number of carbonyl (C=O) groups is 1. The zero-order valence-corrected chi connectivity index (χ0v) is 17.1. The molecule has 9 heteroatoms. The maximum atomic E-state index is 10.4. The van der Waals surface area contributed by atoms with Crippen molar-refractivity contribution in [2.45, 2.75) is 19.0 Å². The number of alkyl halides is 3. The van der Waals surface area contributed by atoms with E-state index in [9.17, 15) is 13.2 Å². The number of nitrogens with zero attached hydrogens (tertiary/aromatic N) is 2. The molecular weight excluding hydrogens is 411 g/mol. The van der Waals surface area contributed by atoms with Gasteiger partial charge < -0.3 is 19.4 Å². The smallest absolute Gasteiger partial charge is 0.420 e. The average molecular weight is 435 g/mol. The maximum absolute atomic E-state index is 10.4. The summed E-state index contributed by atoms with van der Waals surface area (Å²) in [5.74, 6) is 1.39. The second-order valence-electron chi connectivity index (χ2n) is 6.91. The van der Waals surface area contributed by atoms with Crippen molar-refractivity contribution in [1.29, 1.82) is 0 Å². The first kappa shape index (κ1) is 22.6. The monoisotopic (exact) mass is 435 g/mol. The van der Waals surface area contributed by atoms with Gasteiger partial charge in [-0.15, -0.1) is 0 Å². The highest BCUT2D eigenvalue weighted by molar-refractivity contribution is 5.75. The van der Waals surface area contributed by atoms with Gasteiger partial charge in [0.15, 0.2) is 0 Å². The highest BCUT2D eigenvalue weighted by Crippen LogP contribution is 2.34. The predicted molar refractivity (Wildman–Crippen MR) is 113 cm³/mol. The summed E-state index contributed by atoms with van der Waals surface area (Å²) < 4.78 is 42.7. The molecule has 0 spiro atoms. The number of aromatic nitrogens is 1. The van der Waals surface area contributed by atoms with Crippen molar-refractivity contribution < 1.29 is 27.1 Å². The molecule has 6 nitrogen and oxygen atoms in total. The van der Waals surface area contributed by atoms with Gasteiger partial charge in [-0.1, -0.05) is 24.3 Å². The molecule has 2 aromatic rings. The van der Waals surface area contributed by atoms with Crippen molar-refractivity contribution >= 4 is 23.4 Å². The SMILES string of the molecule is CNc1oc(-c2cccc(N3CCOCC3)c2)nc1C1=CC=CCC1.O=CC(F)(F)F. The van der Waals surface area contributed by atoms with Crippen molar-refractivity contribution in [3.63, 3.8) is 0 Å². The van der Waals surface area contributed by atoms with Crippen LogP contribution in [0.3, 0.4) is 0 Å². The number of allylic oxidation sites excluding steroid dienone is 4. The molecule has 0 saturated carbocycles. The minimum atomic E-state index is -4.64. The van der Waals surface area contributed by atoms with Gasteiger partial charge in [-0.05, 0) is 36.6 Å². The molecule has 4 rings (SSSR count). The molecule has 1 aliphatic carbocycles. The van der Waals surface area contributed by atoms with E-state index in [4.69, 9.17) is 18.9 Å². The fraction of sp³-hybridized carbons (Fsp3) is 0.364. The third-order valence-corrected chi connectivity index (χ3v) is 4.78. The van der Waals surface area contributed by atoms with Gasteiger partial charge in [-0.25, -0.2) is 4.98 Å². The van der Waals surface area contributed by atoms with Gasteiger partial charge in [0.25, 0.3) is 0 Å². The number of anilines is 2. The lowest BCUT2D eigenvalue weighted by atomic mass is 10.0. The largest absolute Gasteiger partial charge is 0.446 e. The lowest BCUT2D eigenvalue weighted by molar-refractivity contribution is -0.156. The molecule has 1 aromatic heterocycles. The summed E-state index contributed by atoms with van der Waals surface area (Å²) in [7, 11) is 1.87. The van der Waals surface area contributed by atoms with Crippen LogP contribution in [0.2, 0.25) is 0 Å². The normalized spacial score (nSPS) is 16.3. The third-order valence-electron chi connectivity index (χ3n) is 4.78. The van der Waals surface area contributed by atoms with Crippen molar-refractivity contribution in [3.05, 3.63) is 48.2 Å². The zero-order chi connectivity index (χ0) is 22.3. The van der Waals surface area contributed by atoms with Crippen LogP contribution >= 0.6 is 0 Å². The van der Waals surface area contributed by atoms with Crippen molar-refractivity contribution in [2.24, 2.45) is 0 Å². The Bertz CT molecular complexity index is 945. The molecule has 2 aliphatic rings.